The third-order valence-corrected chi connectivity index (χ3v) is 3.10. The van der Waals surface area contributed by atoms with Crippen LogP contribution in [0.1, 0.15) is 18.2 Å². The molecule has 6 heteroatoms. The van der Waals surface area contributed by atoms with E-state index in [-0.39, 0.29) is 29.7 Å². The van der Waals surface area contributed by atoms with Crippen molar-refractivity contribution in [1.82, 2.24) is 15.6 Å². The molecule has 0 spiro atoms. The molecular formula is C17H23IN4O. The van der Waals surface area contributed by atoms with Gasteiger partial charge in [0.2, 0.25) is 0 Å². The van der Waals surface area contributed by atoms with Crippen molar-refractivity contribution < 1.29 is 5.11 Å². The highest BCUT2D eigenvalue weighted by Crippen LogP contribution is 2.10. The number of hydrogen-bond acceptors (Lipinski definition) is 3. The number of phenolic OH excluding ortho intramolecular Hbond substituents is 1. The fraction of sp³-hybridized carbons (Fsp3) is 0.294. The van der Waals surface area contributed by atoms with Crippen molar-refractivity contribution in [3.05, 3.63) is 59.9 Å². The number of aromatic nitrogens is 1. The molecule has 0 bridgehead atoms. The zero-order chi connectivity index (χ0) is 15.6. The molecule has 124 valence electrons. The highest BCUT2D eigenvalue weighted by molar-refractivity contribution is 14.0. The van der Waals surface area contributed by atoms with Crippen molar-refractivity contribution in [1.29, 1.82) is 0 Å². The van der Waals surface area contributed by atoms with Gasteiger partial charge in [-0.3, -0.25) is 4.98 Å². The van der Waals surface area contributed by atoms with Gasteiger partial charge in [0.25, 0.3) is 0 Å². The number of guanidine groups is 1. The maximum absolute atomic E-state index is 9.28. The highest BCUT2D eigenvalue weighted by Gasteiger charge is 1.99. The maximum Gasteiger partial charge on any atom is 0.191 e. The van der Waals surface area contributed by atoms with Gasteiger partial charge in [0, 0.05) is 31.4 Å². The molecule has 3 N–H and O–H groups in total. The predicted octanol–water partition coefficient (Wildman–Crippen LogP) is 2.70. The van der Waals surface area contributed by atoms with Crippen LogP contribution in [0.15, 0.2) is 53.7 Å². The van der Waals surface area contributed by atoms with Gasteiger partial charge < -0.3 is 15.7 Å². The highest BCUT2D eigenvalue weighted by atomic mass is 127. The van der Waals surface area contributed by atoms with Gasteiger partial charge in [-0.05, 0) is 36.8 Å². The molecule has 0 amide bonds. The summed E-state index contributed by atoms with van der Waals surface area (Å²) >= 11 is 0. The number of nitrogens with zero attached hydrogens (tertiary/aromatic N) is 2. The van der Waals surface area contributed by atoms with E-state index in [0.29, 0.717) is 6.54 Å². The molecule has 0 saturated heterocycles. The van der Waals surface area contributed by atoms with Crippen LogP contribution in [-0.4, -0.2) is 29.1 Å². The standard InChI is InChI=1S/C17H22N4O.HI/c1-2-18-17(20-12-10-15-5-3-4-11-19-15)21-13-14-6-8-16(22)9-7-14;/h3-9,11,22H,2,10,12-13H2,1H3,(H2,18,20,21);1H. The van der Waals surface area contributed by atoms with Gasteiger partial charge in [0.05, 0.1) is 6.54 Å². The molecule has 0 aliphatic heterocycles. The number of nitrogens with one attached hydrogen (secondary N) is 2. The van der Waals surface area contributed by atoms with Crippen LogP contribution in [0, 0.1) is 0 Å². The van der Waals surface area contributed by atoms with E-state index >= 15 is 0 Å². The maximum atomic E-state index is 9.28. The van der Waals surface area contributed by atoms with Crippen LogP contribution in [-0.2, 0) is 13.0 Å². The minimum absolute atomic E-state index is 0. The zero-order valence-electron chi connectivity index (χ0n) is 13.2. The average Bonchev–Trinajstić information content (AvgIpc) is 2.55. The van der Waals surface area contributed by atoms with E-state index in [1.54, 1.807) is 18.3 Å². The molecule has 2 rings (SSSR count). The number of halogens is 1. The van der Waals surface area contributed by atoms with Gasteiger partial charge >= 0.3 is 0 Å². The number of rotatable bonds is 6. The quantitative estimate of drug-likeness (QED) is 0.378. The molecule has 0 fully saturated rings. The smallest absolute Gasteiger partial charge is 0.191 e. The molecule has 0 aliphatic rings. The van der Waals surface area contributed by atoms with Gasteiger partial charge in [-0.15, -0.1) is 24.0 Å². The predicted molar refractivity (Wildman–Crippen MR) is 104 cm³/mol. The topological polar surface area (TPSA) is 69.5 Å². The first-order valence-corrected chi connectivity index (χ1v) is 7.48. The Kier molecular flexibility index (Phi) is 9.04. The third-order valence-electron chi connectivity index (χ3n) is 3.10. The Bertz CT molecular complexity index is 587. The summed E-state index contributed by atoms with van der Waals surface area (Å²) in [7, 11) is 0. The third kappa shape index (κ3) is 7.32. The first kappa shape index (κ1) is 19.2. The van der Waals surface area contributed by atoms with Crippen LogP contribution in [0.3, 0.4) is 0 Å². The summed E-state index contributed by atoms with van der Waals surface area (Å²) in [6, 6.07) is 13.0. The van der Waals surface area contributed by atoms with E-state index in [1.165, 1.54) is 0 Å². The fourth-order valence-corrected chi connectivity index (χ4v) is 1.97. The van der Waals surface area contributed by atoms with Gasteiger partial charge in [-0.25, -0.2) is 4.99 Å². The van der Waals surface area contributed by atoms with Crippen molar-refractivity contribution >= 4 is 29.9 Å². The SMILES string of the molecule is CCNC(=NCc1ccc(O)cc1)NCCc1ccccn1.I. The van der Waals surface area contributed by atoms with Crippen molar-refractivity contribution in [2.24, 2.45) is 4.99 Å². The summed E-state index contributed by atoms with van der Waals surface area (Å²) in [5.74, 6) is 1.06. The summed E-state index contributed by atoms with van der Waals surface area (Å²) in [5, 5.41) is 15.8. The van der Waals surface area contributed by atoms with E-state index in [0.717, 1.165) is 36.7 Å². The van der Waals surface area contributed by atoms with E-state index in [9.17, 15) is 5.11 Å². The minimum atomic E-state index is 0. The summed E-state index contributed by atoms with van der Waals surface area (Å²) in [6.45, 7) is 4.19. The minimum Gasteiger partial charge on any atom is -0.508 e. The zero-order valence-corrected chi connectivity index (χ0v) is 15.5. The Morgan fingerprint density at radius 1 is 1.13 bits per heavy atom. The lowest BCUT2D eigenvalue weighted by Crippen LogP contribution is -2.38. The number of aromatic hydroxyl groups is 1. The molecular weight excluding hydrogens is 403 g/mol. The molecule has 23 heavy (non-hydrogen) atoms. The van der Waals surface area contributed by atoms with Crippen molar-refractivity contribution in [3.8, 4) is 5.75 Å². The lowest BCUT2D eigenvalue weighted by atomic mass is 10.2. The normalized spacial score (nSPS) is 10.7. The second kappa shape index (κ2) is 10.8. The summed E-state index contributed by atoms with van der Waals surface area (Å²) in [5.41, 5.74) is 2.11. The average molecular weight is 426 g/mol. The molecule has 0 saturated carbocycles. The lowest BCUT2D eigenvalue weighted by molar-refractivity contribution is 0.475. The second-order valence-electron chi connectivity index (χ2n) is 4.86. The second-order valence-corrected chi connectivity index (χ2v) is 4.86. The van der Waals surface area contributed by atoms with Crippen LogP contribution in [0.5, 0.6) is 5.75 Å². The van der Waals surface area contributed by atoms with Crippen LogP contribution in [0.25, 0.3) is 0 Å². The molecule has 0 atom stereocenters. The Labute approximate surface area is 154 Å². The van der Waals surface area contributed by atoms with Crippen molar-refractivity contribution in [2.75, 3.05) is 13.1 Å². The molecule has 1 aromatic heterocycles. The van der Waals surface area contributed by atoms with Crippen LogP contribution < -0.4 is 10.6 Å². The number of benzene rings is 1. The fourth-order valence-electron chi connectivity index (χ4n) is 1.97. The van der Waals surface area contributed by atoms with E-state index in [2.05, 4.69) is 20.6 Å². The van der Waals surface area contributed by atoms with Crippen molar-refractivity contribution in [3.63, 3.8) is 0 Å². The molecule has 5 nitrogen and oxygen atoms in total. The molecule has 0 aliphatic carbocycles. The Hall–Kier alpha value is -1.83. The summed E-state index contributed by atoms with van der Waals surface area (Å²) in [6.07, 6.45) is 2.66. The number of aliphatic imine (C=N–C) groups is 1. The monoisotopic (exact) mass is 426 g/mol. The first-order chi connectivity index (χ1) is 10.8. The summed E-state index contributed by atoms with van der Waals surface area (Å²) in [4.78, 5) is 8.84. The van der Waals surface area contributed by atoms with Crippen LogP contribution >= 0.6 is 24.0 Å². The van der Waals surface area contributed by atoms with Gasteiger partial charge in [0.1, 0.15) is 5.75 Å². The van der Waals surface area contributed by atoms with Gasteiger partial charge in [-0.2, -0.15) is 0 Å². The van der Waals surface area contributed by atoms with E-state index in [1.807, 2.05) is 37.3 Å². The number of pyridine rings is 1. The number of hydrogen-bond donors (Lipinski definition) is 3. The Morgan fingerprint density at radius 3 is 2.57 bits per heavy atom. The molecule has 1 aromatic carbocycles. The molecule has 0 unspecified atom stereocenters. The van der Waals surface area contributed by atoms with Crippen LogP contribution in [0.4, 0.5) is 0 Å². The molecule has 2 aromatic rings. The molecule has 1 heterocycles. The van der Waals surface area contributed by atoms with Gasteiger partial charge in [0.15, 0.2) is 5.96 Å². The van der Waals surface area contributed by atoms with Gasteiger partial charge in [-0.1, -0.05) is 18.2 Å². The Morgan fingerprint density at radius 2 is 1.91 bits per heavy atom. The Balaban J connectivity index is 0.00000264. The number of phenols is 1. The molecule has 0 radical (unpaired) electrons. The van der Waals surface area contributed by atoms with E-state index < -0.39 is 0 Å². The first-order valence-electron chi connectivity index (χ1n) is 7.48. The van der Waals surface area contributed by atoms with Crippen LogP contribution in [0.2, 0.25) is 0 Å². The summed E-state index contributed by atoms with van der Waals surface area (Å²) < 4.78 is 0. The van der Waals surface area contributed by atoms with Crippen molar-refractivity contribution in [2.45, 2.75) is 19.9 Å². The lowest BCUT2D eigenvalue weighted by Gasteiger charge is -2.11. The largest absolute Gasteiger partial charge is 0.508 e. The van der Waals surface area contributed by atoms with E-state index in [4.69, 9.17) is 0 Å².